The van der Waals surface area contributed by atoms with Gasteiger partial charge in [-0.15, -0.1) is 0 Å². The molecular weight excluding hydrogens is 240 g/mol. The Hall–Kier alpha value is -0.610. The third kappa shape index (κ3) is 3.69. The molecule has 2 rings (SSSR count). The van der Waals surface area contributed by atoms with E-state index in [1.807, 2.05) is 4.90 Å². The minimum absolute atomic E-state index is 0.168. The van der Waals surface area contributed by atoms with Crippen LogP contribution in [0.1, 0.15) is 39.0 Å². The first-order chi connectivity index (χ1) is 9.26. The standard InChI is InChI=1S/C15H28N2O2/c1-2-17(10-12-7-8-19-11-12)15(18)14-6-4-3-5-13(14)9-16/h12-14H,2-11,16H2,1H3. The van der Waals surface area contributed by atoms with E-state index in [2.05, 4.69) is 6.92 Å². The van der Waals surface area contributed by atoms with Crippen molar-refractivity contribution >= 4 is 5.91 Å². The predicted octanol–water partition coefficient (Wildman–Crippen LogP) is 1.64. The van der Waals surface area contributed by atoms with Crippen molar-refractivity contribution in [2.75, 3.05) is 32.8 Å². The number of ether oxygens (including phenoxy) is 1. The quantitative estimate of drug-likeness (QED) is 0.824. The first kappa shape index (κ1) is 14.8. The van der Waals surface area contributed by atoms with Crippen LogP contribution >= 0.6 is 0 Å². The highest BCUT2D eigenvalue weighted by Gasteiger charge is 2.33. The highest BCUT2D eigenvalue weighted by atomic mass is 16.5. The fraction of sp³-hybridized carbons (Fsp3) is 0.933. The summed E-state index contributed by atoms with van der Waals surface area (Å²) in [5, 5.41) is 0. The van der Waals surface area contributed by atoms with E-state index in [0.717, 1.165) is 45.6 Å². The van der Waals surface area contributed by atoms with E-state index >= 15 is 0 Å². The Bertz CT molecular complexity index is 290. The monoisotopic (exact) mass is 268 g/mol. The minimum Gasteiger partial charge on any atom is -0.381 e. The van der Waals surface area contributed by atoms with E-state index in [4.69, 9.17) is 10.5 Å². The third-order valence-electron chi connectivity index (χ3n) is 4.72. The zero-order valence-corrected chi connectivity index (χ0v) is 12.1. The van der Waals surface area contributed by atoms with Gasteiger partial charge in [0.2, 0.25) is 5.91 Å². The number of nitrogens with zero attached hydrogens (tertiary/aromatic N) is 1. The molecule has 3 atom stereocenters. The maximum atomic E-state index is 12.7. The highest BCUT2D eigenvalue weighted by molar-refractivity contribution is 5.79. The summed E-state index contributed by atoms with van der Waals surface area (Å²) in [6.45, 7) is 6.07. The fourth-order valence-electron chi connectivity index (χ4n) is 3.46. The van der Waals surface area contributed by atoms with Gasteiger partial charge < -0.3 is 15.4 Å². The van der Waals surface area contributed by atoms with Crippen LogP contribution in [0.5, 0.6) is 0 Å². The van der Waals surface area contributed by atoms with Gasteiger partial charge in [0.05, 0.1) is 6.61 Å². The number of rotatable bonds is 5. The highest BCUT2D eigenvalue weighted by Crippen LogP contribution is 2.31. The van der Waals surface area contributed by atoms with E-state index in [1.54, 1.807) is 0 Å². The average Bonchev–Trinajstić information content (AvgIpc) is 2.97. The number of hydrogen-bond donors (Lipinski definition) is 1. The van der Waals surface area contributed by atoms with Crippen LogP contribution in [0.3, 0.4) is 0 Å². The van der Waals surface area contributed by atoms with Gasteiger partial charge in [-0.05, 0) is 38.6 Å². The fourth-order valence-corrected chi connectivity index (χ4v) is 3.46. The molecule has 0 aromatic carbocycles. The van der Waals surface area contributed by atoms with Crippen LogP contribution in [0.15, 0.2) is 0 Å². The number of carbonyl (C=O) groups excluding carboxylic acids is 1. The van der Waals surface area contributed by atoms with Gasteiger partial charge in [0.25, 0.3) is 0 Å². The predicted molar refractivity (Wildman–Crippen MR) is 75.7 cm³/mol. The lowest BCUT2D eigenvalue weighted by Gasteiger charge is -2.34. The maximum absolute atomic E-state index is 12.7. The maximum Gasteiger partial charge on any atom is 0.226 e. The summed E-state index contributed by atoms with van der Waals surface area (Å²) < 4.78 is 5.41. The van der Waals surface area contributed by atoms with E-state index in [0.29, 0.717) is 24.3 Å². The zero-order chi connectivity index (χ0) is 13.7. The molecule has 0 spiro atoms. The molecule has 19 heavy (non-hydrogen) atoms. The summed E-state index contributed by atoms with van der Waals surface area (Å²) in [6, 6.07) is 0. The van der Waals surface area contributed by atoms with Crippen LogP contribution in [0, 0.1) is 17.8 Å². The Balaban J connectivity index is 1.93. The Morgan fingerprint density at radius 3 is 2.74 bits per heavy atom. The van der Waals surface area contributed by atoms with Crippen LogP contribution < -0.4 is 5.73 Å². The van der Waals surface area contributed by atoms with Crippen molar-refractivity contribution < 1.29 is 9.53 Å². The van der Waals surface area contributed by atoms with Crippen LogP contribution in [0.2, 0.25) is 0 Å². The molecule has 2 fully saturated rings. The Morgan fingerprint density at radius 1 is 1.32 bits per heavy atom. The minimum atomic E-state index is 0.168. The molecule has 1 saturated carbocycles. The largest absolute Gasteiger partial charge is 0.381 e. The lowest BCUT2D eigenvalue weighted by molar-refractivity contribution is -0.138. The lowest BCUT2D eigenvalue weighted by Crippen LogP contribution is -2.44. The molecule has 1 amide bonds. The second kappa shape index (κ2) is 7.25. The molecule has 1 heterocycles. The summed E-state index contributed by atoms with van der Waals surface area (Å²) in [6.07, 6.45) is 5.65. The smallest absolute Gasteiger partial charge is 0.226 e. The molecule has 2 N–H and O–H groups in total. The van der Waals surface area contributed by atoms with E-state index < -0.39 is 0 Å². The molecule has 0 radical (unpaired) electrons. The summed E-state index contributed by atoms with van der Waals surface area (Å²) in [5.74, 6) is 1.43. The van der Waals surface area contributed by atoms with Crippen molar-refractivity contribution in [3.8, 4) is 0 Å². The lowest BCUT2D eigenvalue weighted by atomic mass is 9.78. The first-order valence-corrected chi connectivity index (χ1v) is 7.82. The van der Waals surface area contributed by atoms with Crippen LogP contribution in [0.25, 0.3) is 0 Å². The molecule has 2 aliphatic rings. The van der Waals surface area contributed by atoms with Crippen molar-refractivity contribution in [3.05, 3.63) is 0 Å². The van der Waals surface area contributed by atoms with Crippen LogP contribution in [0.4, 0.5) is 0 Å². The normalized spacial score (nSPS) is 31.4. The SMILES string of the molecule is CCN(CC1CCOC1)C(=O)C1CCCCC1CN. The van der Waals surface area contributed by atoms with Crippen molar-refractivity contribution in [1.29, 1.82) is 0 Å². The molecule has 1 aliphatic carbocycles. The van der Waals surface area contributed by atoms with Crippen LogP contribution in [-0.4, -0.2) is 43.7 Å². The Labute approximate surface area is 116 Å². The van der Waals surface area contributed by atoms with Crippen molar-refractivity contribution in [2.45, 2.75) is 39.0 Å². The van der Waals surface area contributed by atoms with Gasteiger partial charge in [-0.1, -0.05) is 12.8 Å². The molecule has 4 nitrogen and oxygen atoms in total. The first-order valence-electron chi connectivity index (χ1n) is 7.82. The Morgan fingerprint density at radius 2 is 2.11 bits per heavy atom. The van der Waals surface area contributed by atoms with Gasteiger partial charge in [0, 0.05) is 31.5 Å². The molecule has 1 saturated heterocycles. The number of carbonyl (C=O) groups is 1. The topological polar surface area (TPSA) is 55.6 Å². The molecule has 3 unspecified atom stereocenters. The summed E-state index contributed by atoms with van der Waals surface area (Å²) in [5.41, 5.74) is 5.85. The summed E-state index contributed by atoms with van der Waals surface area (Å²) in [4.78, 5) is 14.8. The van der Waals surface area contributed by atoms with E-state index in [-0.39, 0.29) is 5.92 Å². The molecular formula is C15H28N2O2. The van der Waals surface area contributed by atoms with Gasteiger partial charge in [0.1, 0.15) is 0 Å². The molecule has 110 valence electrons. The van der Waals surface area contributed by atoms with Crippen molar-refractivity contribution in [2.24, 2.45) is 23.5 Å². The molecule has 1 aliphatic heterocycles. The van der Waals surface area contributed by atoms with Gasteiger partial charge in [-0.25, -0.2) is 0 Å². The van der Waals surface area contributed by atoms with Crippen molar-refractivity contribution in [3.63, 3.8) is 0 Å². The van der Waals surface area contributed by atoms with Gasteiger partial charge >= 0.3 is 0 Å². The van der Waals surface area contributed by atoms with Crippen molar-refractivity contribution in [1.82, 2.24) is 4.90 Å². The second-order valence-electron chi connectivity index (χ2n) is 5.99. The summed E-state index contributed by atoms with van der Waals surface area (Å²) >= 11 is 0. The molecule has 0 aromatic heterocycles. The zero-order valence-electron chi connectivity index (χ0n) is 12.1. The number of hydrogen-bond acceptors (Lipinski definition) is 3. The molecule has 0 bridgehead atoms. The van der Waals surface area contributed by atoms with E-state index in [1.165, 1.54) is 12.8 Å². The molecule has 0 aromatic rings. The number of nitrogens with two attached hydrogens (primary N) is 1. The Kier molecular flexibility index (Phi) is 5.64. The number of amides is 1. The van der Waals surface area contributed by atoms with Crippen LogP contribution in [-0.2, 0) is 9.53 Å². The average molecular weight is 268 g/mol. The van der Waals surface area contributed by atoms with Gasteiger partial charge in [-0.2, -0.15) is 0 Å². The second-order valence-corrected chi connectivity index (χ2v) is 5.99. The van der Waals surface area contributed by atoms with E-state index in [9.17, 15) is 4.79 Å². The van der Waals surface area contributed by atoms with Gasteiger partial charge in [-0.3, -0.25) is 4.79 Å². The van der Waals surface area contributed by atoms with Gasteiger partial charge in [0.15, 0.2) is 0 Å². The summed E-state index contributed by atoms with van der Waals surface area (Å²) in [7, 11) is 0. The third-order valence-corrected chi connectivity index (χ3v) is 4.72. The molecule has 4 heteroatoms.